The highest BCUT2D eigenvalue weighted by molar-refractivity contribution is 5.72. The van der Waals surface area contributed by atoms with E-state index in [1.54, 1.807) is 14.2 Å². The second-order valence-corrected chi connectivity index (χ2v) is 3.60. The lowest BCUT2D eigenvalue weighted by Gasteiger charge is -2.05. The molecule has 1 aromatic carbocycles. The molecule has 4 heteroatoms. The largest absolute Gasteiger partial charge is 0.497 e. The minimum atomic E-state index is -0.0456. The van der Waals surface area contributed by atoms with Gasteiger partial charge >= 0.3 is 0 Å². The van der Waals surface area contributed by atoms with Crippen molar-refractivity contribution in [2.24, 2.45) is 0 Å². The van der Waals surface area contributed by atoms with Gasteiger partial charge in [-0.2, -0.15) is 0 Å². The van der Waals surface area contributed by atoms with E-state index >= 15 is 0 Å². The fourth-order valence-electron chi connectivity index (χ4n) is 1.37. The lowest BCUT2D eigenvalue weighted by atomic mass is 10.2. The van der Waals surface area contributed by atoms with Gasteiger partial charge in [-0.05, 0) is 18.2 Å². The van der Waals surface area contributed by atoms with Crippen molar-refractivity contribution in [3.05, 3.63) is 23.8 Å². The first-order chi connectivity index (χ1) is 8.67. The summed E-state index contributed by atoms with van der Waals surface area (Å²) in [6.45, 7) is 2.03. The topological polar surface area (TPSA) is 47.6 Å². The number of carbonyl (C=O) groups is 1. The Morgan fingerprint density at radius 2 is 2.11 bits per heavy atom. The van der Waals surface area contributed by atoms with E-state index in [0.29, 0.717) is 18.7 Å². The highest BCUT2D eigenvalue weighted by Gasteiger charge is 2.01. The van der Waals surface area contributed by atoms with Crippen molar-refractivity contribution in [2.75, 3.05) is 20.8 Å². The summed E-state index contributed by atoms with van der Waals surface area (Å²) >= 11 is 0. The minimum Gasteiger partial charge on any atom is -0.497 e. The van der Waals surface area contributed by atoms with Crippen LogP contribution in [0.25, 0.3) is 0 Å². The fourth-order valence-corrected chi connectivity index (χ4v) is 1.37. The van der Waals surface area contributed by atoms with Crippen molar-refractivity contribution >= 4 is 5.91 Å². The fraction of sp³-hybridized carbons (Fsp3) is 0.357. The number of carbonyl (C=O) groups excluding carboxylic acids is 1. The van der Waals surface area contributed by atoms with Crippen LogP contribution in [0.5, 0.6) is 11.5 Å². The van der Waals surface area contributed by atoms with Gasteiger partial charge in [-0.3, -0.25) is 4.79 Å². The van der Waals surface area contributed by atoms with Crippen molar-refractivity contribution in [1.82, 2.24) is 5.32 Å². The third-order valence-corrected chi connectivity index (χ3v) is 2.25. The van der Waals surface area contributed by atoms with Gasteiger partial charge in [-0.1, -0.05) is 11.8 Å². The van der Waals surface area contributed by atoms with Crippen LogP contribution in [-0.4, -0.2) is 26.7 Å². The molecule has 4 nitrogen and oxygen atoms in total. The number of hydrogen-bond acceptors (Lipinski definition) is 3. The van der Waals surface area contributed by atoms with Crippen LogP contribution in [0, 0.1) is 11.8 Å². The van der Waals surface area contributed by atoms with Gasteiger partial charge in [0.2, 0.25) is 5.91 Å². The molecule has 1 aromatic rings. The summed E-state index contributed by atoms with van der Waals surface area (Å²) in [4.78, 5) is 10.7. The van der Waals surface area contributed by atoms with E-state index in [1.807, 2.05) is 18.2 Å². The molecule has 0 aliphatic heterocycles. The molecule has 0 unspecified atom stereocenters. The van der Waals surface area contributed by atoms with Crippen molar-refractivity contribution in [1.29, 1.82) is 0 Å². The average Bonchev–Trinajstić information content (AvgIpc) is 2.37. The van der Waals surface area contributed by atoms with Crippen LogP contribution < -0.4 is 14.8 Å². The second-order valence-electron chi connectivity index (χ2n) is 3.60. The average molecular weight is 247 g/mol. The molecule has 0 atom stereocenters. The second kappa shape index (κ2) is 7.23. The Bertz CT molecular complexity index is 472. The first-order valence-corrected chi connectivity index (χ1v) is 5.62. The molecule has 1 rings (SSSR count). The van der Waals surface area contributed by atoms with E-state index in [9.17, 15) is 4.79 Å². The van der Waals surface area contributed by atoms with Gasteiger partial charge in [0.25, 0.3) is 0 Å². The van der Waals surface area contributed by atoms with Gasteiger partial charge in [-0.15, -0.1) is 0 Å². The van der Waals surface area contributed by atoms with E-state index in [0.717, 1.165) is 11.3 Å². The SMILES string of the molecule is COc1ccc(OC)c(C#CCCNC(C)=O)c1. The molecular formula is C14H17NO3. The quantitative estimate of drug-likeness (QED) is 0.649. The van der Waals surface area contributed by atoms with Crippen LogP contribution in [0.1, 0.15) is 18.9 Å². The van der Waals surface area contributed by atoms with Gasteiger partial charge in [-0.25, -0.2) is 0 Å². The van der Waals surface area contributed by atoms with Gasteiger partial charge in [0.05, 0.1) is 19.8 Å². The normalized spacial score (nSPS) is 9.06. The number of benzene rings is 1. The van der Waals surface area contributed by atoms with Gasteiger partial charge in [0, 0.05) is 19.9 Å². The molecule has 0 saturated heterocycles. The molecule has 0 aliphatic rings. The predicted molar refractivity (Wildman–Crippen MR) is 69.7 cm³/mol. The van der Waals surface area contributed by atoms with E-state index < -0.39 is 0 Å². The number of nitrogens with one attached hydrogen (secondary N) is 1. The maximum atomic E-state index is 10.7. The summed E-state index contributed by atoms with van der Waals surface area (Å²) < 4.78 is 10.3. The monoisotopic (exact) mass is 247 g/mol. The van der Waals surface area contributed by atoms with E-state index in [2.05, 4.69) is 17.2 Å². The van der Waals surface area contributed by atoms with Gasteiger partial charge in [0.15, 0.2) is 0 Å². The Hall–Kier alpha value is -2.15. The molecule has 0 radical (unpaired) electrons. The van der Waals surface area contributed by atoms with Crippen LogP contribution in [0.15, 0.2) is 18.2 Å². The highest BCUT2D eigenvalue weighted by atomic mass is 16.5. The zero-order valence-electron chi connectivity index (χ0n) is 10.9. The Morgan fingerprint density at radius 1 is 1.33 bits per heavy atom. The third-order valence-electron chi connectivity index (χ3n) is 2.25. The van der Waals surface area contributed by atoms with Crippen LogP contribution in [0.4, 0.5) is 0 Å². The lowest BCUT2D eigenvalue weighted by molar-refractivity contribution is -0.118. The Labute approximate surface area is 107 Å². The zero-order valence-corrected chi connectivity index (χ0v) is 10.9. The Morgan fingerprint density at radius 3 is 2.72 bits per heavy atom. The lowest BCUT2D eigenvalue weighted by Crippen LogP contribution is -2.20. The summed E-state index contributed by atoms with van der Waals surface area (Å²) in [7, 11) is 3.21. The molecule has 0 spiro atoms. The molecule has 96 valence electrons. The molecule has 18 heavy (non-hydrogen) atoms. The molecule has 0 fully saturated rings. The van der Waals surface area contributed by atoms with Crippen molar-refractivity contribution in [3.8, 4) is 23.3 Å². The van der Waals surface area contributed by atoms with Crippen molar-refractivity contribution in [2.45, 2.75) is 13.3 Å². The summed E-state index contributed by atoms with van der Waals surface area (Å²) in [5, 5.41) is 2.69. The zero-order chi connectivity index (χ0) is 13.4. The van der Waals surface area contributed by atoms with E-state index in [-0.39, 0.29) is 5.91 Å². The number of rotatable bonds is 4. The van der Waals surface area contributed by atoms with Crippen LogP contribution in [-0.2, 0) is 4.79 Å². The number of amides is 1. The minimum absolute atomic E-state index is 0.0456. The maximum absolute atomic E-state index is 10.7. The van der Waals surface area contributed by atoms with Crippen molar-refractivity contribution in [3.63, 3.8) is 0 Å². The van der Waals surface area contributed by atoms with Crippen molar-refractivity contribution < 1.29 is 14.3 Å². The first-order valence-electron chi connectivity index (χ1n) is 5.62. The summed E-state index contributed by atoms with van der Waals surface area (Å²) in [6.07, 6.45) is 0.597. The van der Waals surface area contributed by atoms with Crippen LogP contribution in [0.2, 0.25) is 0 Å². The molecular weight excluding hydrogens is 230 g/mol. The van der Waals surface area contributed by atoms with Crippen LogP contribution in [0.3, 0.4) is 0 Å². The molecule has 0 aromatic heterocycles. The summed E-state index contributed by atoms with van der Waals surface area (Å²) in [5.41, 5.74) is 0.777. The van der Waals surface area contributed by atoms with Gasteiger partial charge in [0.1, 0.15) is 11.5 Å². The molecule has 0 saturated carbocycles. The number of methoxy groups -OCH3 is 2. The molecule has 0 aliphatic carbocycles. The highest BCUT2D eigenvalue weighted by Crippen LogP contribution is 2.22. The molecule has 0 heterocycles. The summed E-state index contributed by atoms with van der Waals surface area (Å²) in [5.74, 6) is 7.39. The smallest absolute Gasteiger partial charge is 0.216 e. The van der Waals surface area contributed by atoms with E-state index in [4.69, 9.17) is 9.47 Å². The summed E-state index contributed by atoms with van der Waals surface area (Å²) in [6, 6.07) is 5.46. The number of ether oxygens (including phenoxy) is 2. The molecule has 1 amide bonds. The standard InChI is InChI=1S/C14H17NO3/c1-11(16)15-9-5-4-6-12-10-13(17-2)7-8-14(12)18-3/h7-8,10H,5,9H2,1-3H3,(H,15,16). The maximum Gasteiger partial charge on any atom is 0.216 e. The van der Waals surface area contributed by atoms with Gasteiger partial charge < -0.3 is 14.8 Å². The molecule has 0 bridgehead atoms. The molecule has 1 N–H and O–H groups in total. The van der Waals surface area contributed by atoms with E-state index in [1.165, 1.54) is 6.92 Å². The Balaban J connectivity index is 2.70. The first kappa shape index (κ1) is 13.9. The van der Waals surface area contributed by atoms with Crippen LogP contribution >= 0.6 is 0 Å². The number of hydrogen-bond donors (Lipinski definition) is 1. The third kappa shape index (κ3) is 4.38. The Kier molecular flexibility index (Phi) is 5.59. The predicted octanol–water partition coefficient (Wildman–Crippen LogP) is 1.58.